The molecule has 2 aromatic carbocycles. The Morgan fingerprint density at radius 3 is 2.57 bits per heavy atom. The van der Waals surface area contributed by atoms with E-state index >= 15 is 0 Å². The fourth-order valence-corrected chi connectivity index (χ4v) is 1.83. The van der Waals surface area contributed by atoms with Gasteiger partial charge in [-0.2, -0.15) is 0 Å². The van der Waals surface area contributed by atoms with Crippen LogP contribution in [0.3, 0.4) is 0 Å². The molecular weight excluding hydrogens is 320 g/mol. The number of hydrogen-bond donors (Lipinski definition) is 2. The fraction of sp³-hybridized carbons (Fsp3) is 0.0625. The van der Waals surface area contributed by atoms with E-state index in [1.807, 2.05) is 0 Å². The molecule has 0 aliphatic heterocycles. The average Bonchev–Trinajstić information content (AvgIpc) is 2.53. The van der Waals surface area contributed by atoms with Gasteiger partial charge in [0.2, 0.25) is 0 Å². The molecule has 0 saturated carbocycles. The Labute approximate surface area is 137 Å². The zero-order valence-electron chi connectivity index (χ0n) is 11.9. The standard InChI is InChI=1S/C16H13ClN2O4/c17-12-7-5-11(6-8-12)9-18-23-10-15(20)19-14-4-2-1-3-13(14)16(21)22/h1-9H,10H2,(H,19,20)(H,21,22). The summed E-state index contributed by atoms with van der Waals surface area (Å²) in [6, 6.07) is 13.0. The molecule has 0 aliphatic rings. The molecule has 0 heterocycles. The van der Waals surface area contributed by atoms with Gasteiger partial charge in [-0.15, -0.1) is 0 Å². The number of hydrogen-bond acceptors (Lipinski definition) is 4. The number of rotatable bonds is 6. The number of amides is 1. The first-order chi connectivity index (χ1) is 11.1. The molecule has 0 spiro atoms. The van der Waals surface area contributed by atoms with Crippen LogP contribution in [0.2, 0.25) is 5.02 Å². The summed E-state index contributed by atoms with van der Waals surface area (Å²) in [6.45, 7) is -0.335. The minimum Gasteiger partial charge on any atom is -0.478 e. The minimum atomic E-state index is -1.12. The van der Waals surface area contributed by atoms with Gasteiger partial charge in [0.05, 0.1) is 17.5 Å². The molecule has 23 heavy (non-hydrogen) atoms. The number of carbonyl (C=O) groups excluding carboxylic acids is 1. The molecule has 0 saturated heterocycles. The largest absolute Gasteiger partial charge is 0.478 e. The van der Waals surface area contributed by atoms with Crippen molar-refractivity contribution in [2.24, 2.45) is 5.16 Å². The molecule has 0 radical (unpaired) electrons. The first-order valence-electron chi connectivity index (χ1n) is 6.59. The maximum atomic E-state index is 11.7. The van der Waals surface area contributed by atoms with E-state index in [9.17, 15) is 9.59 Å². The van der Waals surface area contributed by atoms with E-state index in [0.29, 0.717) is 5.02 Å². The highest BCUT2D eigenvalue weighted by Crippen LogP contribution is 2.14. The quantitative estimate of drug-likeness (QED) is 0.628. The second-order valence-electron chi connectivity index (χ2n) is 4.46. The van der Waals surface area contributed by atoms with Gasteiger partial charge in [-0.1, -0.05) is 41.0 Å². The third kappa shape index (κ3) is 5.12. The maximum Gasteiger partial charge on any atom is 0.337 e. The molecule has 0 aliphatic carbocycles. The minimum absolute atomic E-state index is 0.00511. The second kappa shape index (κ2) is 7.95. The summed E-state index contributed by atoms with van der Waals surface area (Å²) < 4.78 is 0. The van der Waals surface area contributed by atoms with Crippen molar-refractivity contribution < 1.29 is 19.5 Å². The summed E-state index contributed by atoms with van der Waals surface area (Å²) in [7, 11) is 0. The molecule has 6 nitrogen and oxygen atoms in total. The normalized spacial score (nSPS) is 10.5. The first kappa shape index (κ1) is 16.5. The Hall–Kier alpha value is -2.86. The van der Waals surface area contributed by atoms with Gasteiger partial charge in [0, 0.05) is 5.02 Å². The number of anilines is 1. The topological polar surface area (TPSA) is 88.0 Å². The van der Waals surface area contributed by atoms with Gasteiger partial charge in [-0.05, 0) is 29.8 Å². The van der Waals surface area contributed by atoms with Crippen molar-refractivity contribution in [1.82, 2.24) is 0 Å². The van der Waals surface area contributed by atoms with Crippen molar-refractivity contribution in [2.45, 2.75) is 0 Å². The lowest BCUT2D eigenvalue weighted by atomic mass is 10.2. The van der Waals surface area contributed by atoms with E-state index in [1.165, 1.54) is 18.3 Å². The fourth-order valence-electron chi connectivity index (χ4n) is 1.71. The molecule has 2 N–H and O–H groups in total. The van der Waals surface area contributed by atoms with Crippen LogP contribution in [0.5, 0.6) is 0 Å². The summed E-state index contributed by atoms with van der Waals surface area (Å²) in [5.41, 5.74) is 0.979. The van der Waals surface area contributed by atoms with E-state index in [0.717, 1.165) is 5.56 Å². The van der Waals surface area contributed by atoms with Crippen molar-refractivity contribution in [3.05, 3.63) is 64.7 Å². The van der Waals surface area contributed by atoms with Crippen LogP contribution in [0.25, 0.3) is 0 Å². The van der Waals surface area contributed by atoms with Gasteiger partial charge < -0.3 is 15.3 Å². The number of oxime groups is 1. The Kier molecular flexibility index (Phi) is 5.71. The molecule has 118 valence electrons. The highest BCUT2D eigenvalue weighted by Gasteiger charge is 2.11. The van der Waals surface area contributed by atoms with Crippen LogP contribution in [0, 0.1) is 0 Å². The maximum absolute atomic E-state index is 11.7. The van der Waals surface area contributed by atoms with Gasteiger partial charge in [0.25, 0.3) is 5.91 Å². The smallest absolute Gasteiger partial charge is 0.337 e. The number of para-hydroxylation sites is 1. The second-order valence-corrected chi connectivity index (χ2v) is 4.89. The number of carbonyl (C=O) groups is 2. The summed E-state index contributed by atoms with van der Waals surface area (Å²) in [5, 5.41) is 15.8. The first-order valence-corrected chi connectivity index (χ1v) is 6.97. The van der Waals surface area contributed by atoms with Crippen molar-refractivity contribution in [2.75, 3.05) is 11.9 Å². The Bertz CT molecular complexity index is 729. The van der Waals surface area contributed by atoms with Gasteiger partial charge in [0.15, 0.2) is 6.61 Å². The zero-order chi connectivity index (χ0) is 16.7. The Morgan fingerprint density at radius 2 is 1.87 bits per heavy atom. The molecule has 0 fully saturated rings. The molecule has 2 rings (SSSR count). The molecule has 0 bridgehead atoms. The lowest BCUT2D eigenvalue weighted by Gasteiger charge is -2.07. The van der Waals surface area contributed by atoms with Crippen molar-refractivity contribution in [1.29, 1.82) is 0 Å². The summed E-state index contributed by atoms with van der Waals surface area (Å²) in [6.07, 6.45) is 1.44. The predicted molar refractivity (Wildman–Crippen MR) is 87.0 cm³/mol. The molecular formula is C16H13ClN2O4. The van der Waals surface area contributed by atoms with Crippen LogP contribution in [-0.4, -0.2) is 29.8 Å². The van der Waals surface area contributed by atoms with Crippen LogP contribution >= 0.6 is 11.6 Å². The lowest BCUT2D eigenvalue weighted by molar-refractivity contribution is -0.120. The number of halogens is 1. The predicted octanol–water partition coefficient (Wildman–Crippen LogP) is 3.03. The van der Waals surface area contributed by atoms with E-state index < -0.39 is 11.9 Å². The molecule has 2 aromatic rings. The van der Waals surface area contributed by atoms with Crippen LogP contribution in [0.1, 0.15) is 15.9 Å². The van der Waals surface area contributed by atoms with Gasteiger partial charge >= 0.3 is 5.97 Å². The number of carboxylic acids is 1. The number of aromatic carboxylic acids is 1. The van der Waals surface area contributed by atoms with Gasteiger partial charge in [0.1, 0.15) is 0 Å². The van der Waals surface area contributed by atoms with Crippen LogP contribution < -0.4 is 5.32 Å². The highest BCUT2D eigenvalue weighted by molar-refractivity contribution is 6.30. The average molecular weight is 333 g/mol. The van der Waals surface area contributed by atoms with Crippen LogP contribution in [0.15, 0.2) is 53.7 Å². The molecule has 0 atom stereocenters. The van der Waals surface area contributed by atoms with E-state index in [-0.39, 0.29) is 17.9 Å². The molecule has 7 heteroatoms. The van der Waals surface area contributed by atoms with Crippen LogP contribution in [-0.2, 0) is 9.63 Å². The zero-order valence-corrected chi connectivity index (χ0v) is 12.7. The summed E-state index contributed by atoms with van der Waals surface area (Å²) in [4.78, 5) is 27.6. The third-order valence-electron chi connectivity index (χ3n) is 2.77. The van der Waals surface area contributed by atoms with Gasteiger partial charge in [-0.25, -0.2) is 4.79 Å². The van der Waals surface area contributed by atoms with Crippen LogP contribution in [0.4, 0.5) is 5.69 Å². The van der Waals surface area contributed by atoms with Gasteiger partial charge in [-0.3, -0.25) is 4.79 Å². The summed E-state index contributed by atoms with van der Waals surface area (Å²) in [5.74, 6) is -1.63. The van der Waals surface area contributed by atoms with Crippen molar-refractivity contribution in [3.63, 3.8) is 0 Å². The number of nitrogens with one attached hydrogen (secondary N) is 1. The van der Waals surface area contributed by atoms with E-state index in [1.54, 1.807) is 36.4 Å². The Balaban J connectivity index is 1.86. The van der Waals surface area contributed by atoms with E-state index in [4.69, 9.17) is 21.5 Å². The SMILES string of the molecule is O=C(CON=Cc1ccc(Cl)cc1)Nc1ccccc1C(=O)O. The molecule has 0 aromatic heterocycles. The highest BCUT2D eigenvalue weighted by atomic mass is 35.5. The Morgan fingerprint density at radius 1 is 1.17 bits per heavy atom. The monoisotopic (exact) mass is 332 g/mol. The number of benzene rings is 2. The lowest BCUT2D eigenvalue weighted by Crippen LogP contribution is -2.18. The third-order valence-corrected chi connectivity index (χ3v) is 3.03. The van der Waals surface area contributed by atoms with E-state index in [2.05, 4.69) is 10.5 Å². The molecule has 0 unspecified atom stereocenters. The summed E-state index contributed by atoms with van der Waals surface area (Å²) >= 11 is 5.76. The van der Waals surface area contributed by atoms with Crippen molar-refractivity contribution in [3.8, 4) is 0 Å². The number of nitrogens with zero attached hydrogens (tertiary/aromatic N) is 1. The number of carboxylic acid groups (broad SMARTS) is 1. The molecule has 1 amide bonds. The van der Waals surface area contributed by atoms with Crippen molar-refractivity contribution >= 4 is 35.4 Å².